The van der Waals surface area contributed by atoms with Gasteiger partial charge in [0, 0.05) is 12.7 Å². The summed E-state index contributed by atoms with van der Waals surface area (Å²) in [6, 6.07) is 3.24. The maximum Gasteiger partial charge on any atom is 0.341 e. The molecule has 0 saturated carbocycles. The van der Waals surface area contributed by atoms with E-state index in [1.807, 2.05) is 0 Å². The number of hydrogen-bond acceptors (Lipinski definition) is 6. The molecule has 1 aromatic heterocycles. The molecular formula is C12H16N2O4. The van der Waals surface area contributed by atoms with E-state index in [1.165, 1.54) is 7.11 Å². The van der Waals surface area contributed by atoms with Gasteiger partial charge in [0.1, 0.15) is 11.4 Å². The molecule has 6 heteroatoms. The summed E-state index contributed by atoms with van der Waals surface area (Å²) in [5.41, 5.74) is 0.337. The van der Waals surface area contributed by atoms with Crippen LogP contribution in [0.25, 0.3) is 0 Å². The summed E-state index contributed by atoms with van der Waals surface area (Å²) in [6.07, 6.45) is 1.77. The number of carbonyl (C=O) groups excluding carboxylic acids is 2. The molecule has 1 N–H and O–H groups in total. The van der Waals surface area contributed by atoms with Crippen molar-refractivity contribution in [2.45, 2.75) is 13.3 Å². The highest BCUT2D eigenvalue weighted by Gasteiger charge is 2.12. The Morgan fingerprint density at radius 2 is 2.22 bits per heavy atom. The Balaban J connectivity index is 2.57. The van der Waals surface area contributed by atoms with Crippen LogP contribution in [0, 0.1) is 0 Å². The molecule has 0 aromatic carbocycles. The summed E-state index contributed by atoms with van der Waals surface area (Å²) in [6.45, 7) is 2.45. The van der Waals surface area contributed by atoms with Crippen LogP contribution < -0.4 is 5.32 Å². The molecule has 18 heavy (non-hydrogen) atoms. The summed E-state index contributed by atoms with van der Waals surface area (Å²) in [5.74, 6) is -0.365. The third kappa shape index (κ3) is 4.04. The van der Waals surface area contributed by atoms with Crippen LogP contribution in [0.2, 0.25) is 0 Å². The van der Waals surface area contributed by atoms with E-state index < -0.39 is 5.97 Å². The standard InChI is InChI=1S/C12H16N2O4/c1-3-18-10(15)6-8-14-11-9(12(16)17-2)5-4-7-13-11/h4-5,7H,3,6,8H2,1-2H3,(H,13,14). The summed E-state index contributed by atoms with van der Waals surface area (Å²) >= 11 is 0. The number of aromatic nitrogens is 1. The lowest BCUT2D eigenvalue weighted by atomic mass is 10.2. The number of hydrogen-bond donors (Lipinski definition) is 1. The molecule has 0 saturated heterocycles. The second-order valence-corrected chi connectivity index (χ2v) is 3.37. The average molecular weight is 252 g/mol. The highest BCUT2D eigenvalue weighted by molar-refractivity contribution is 5.94. The van der Waals surface area contributed by atoms with E-state index in [2.05, 4.69) is 15.0 Å². The first-order valence-corrected chi connectivity index (χ1v) is 5.61. The minimum atomic E-state index is -0.471. The van der Waals surface area contributed by atoms with Crippen molar-refractivity contribution < 1.29 is 19.1 Å². The minimum Gasteiger partial charge on any atom is -0.466 e. The number of nitrogens with zero attached hydrogens (tertiary/aromatic N) is 1. The number of pyridine rings is 1. The molecule has 6 nitrogen and oxygen atoms in total. The highest BCUT2D eigenvalue weighted by Crippen LogP contribution is 2.12. The lowest BCUT2D eigenvalue weighted by Gasteiger charge is -2.08. The molecule has 1 aromatic rings. The molecule has 0 aliphatic heterocycles. The van der Waals surface area contributed by atoms with Gasteiger partial charge in [-0.25, -0.2) is 9.78 Å². The molecular weight excluding hydrogens is 236 g/mol. The number of anilines is 1. The van der Waals surface area contributed by atoms with Crippen LogP contribution in [0.5, 0.6) is 0 Å². The number of methoxy groups -OCH3 is 1. The van der Waals surface area contributed by atoms with Crippen molar-refractivity contribution in [2.24, 2.45) is 0 Å². The molecule has 0 aliphatic carbocycles. The van der Waals surface area contributed by atoms with Gasteiger partial charge in [-0.05, 0) is 19.1 Å². The number of esters is 2. The maximum atomic E-state index is 11.4. The van der Waals surface area contributed by atoms with Crippen molar-refractivity contribution in [1.29, 1.82) is 0 Å². The average Bonchev–Trinajstić information content (AvgIpc) is 2.39. The monoisotopic (exact) mass is 252 g/mol. The first-order valence-electron chi connectivity index (χ1n) is 5.61. The number of carbonyl (C=O) groups is 2. The Kier molecular flexibility index (Phi) is 5.63. The topological polar surface area (TPSA) is 77.5 Å². The predicted octanol–water partition coefficient (Wildman–Crippen LogP) is 1.23. The van der Waals surface area contributed by atoms with Crippen LogP contribution in [-0.2, 0) is 14.3 Å². The predicted molar refractivity (Wildman–Crippen MR) is 65.3 cm³/mol. The molecule has 0 spiro atoms. The fourth-order valence-corrected chi connectivity index (χ4v) is 1.34. The summed E-state index contributed by atoms with van der Waals surface area (Å²) < 4.78 is 9.42. The molecule has 1 rings (SSSR count). The molecule has 98 valence electrons. The van der Waals surface area contributed by atoms with Crippen molar-refractivity contribution >= 4 is 17.8 Å². The fraction of sp³-hybridized carbons (Fsp3) is 0.417. The largest absolute Gasteiger partial charge is 0.466 e. The Morgan fingerprint density at radius 3 is 2.89 bits per heavy atom. The van der Waals surface area contributed by atoms with Gasteiger partial charge in [-0.1, -0.05) is 0 Å². The van der Waals surface area contributed by atoms with Crippen molar-refractivity contribution in [3.63, 3.8) is 0 Å². The van der Waals surface area contributed by atoms with E-state index in [9.17, 15) is 9.59 Å². The Morgan fingerprint density at radius 1 is 1.44 bits per heavy atom. The van der Waals surface area contributed by atoms with E-state index in [1.54, 1.807) is 25.3 Å². The van der Waals surface area contributed by atoms with Gasteiger partial charge >= 0.3 is 11.9 Å². The van der Waals surface area contributed by atoms with Gasteiger partial charge in [0.05, 0.1) is 20.1 Å². The van der Waals surface area contributed by atoms with E-state index >= 15 is 0 Å². The first-order chi connectivity index (χ1) is 8.69. The van der Waals surface area contributed by atoms with Gasteiger partial charge in [0.25, 0.3) is 0 Å². The van der Waals surface area contributed by atoms with Crippen LogP contribution in [0.4, 0.5) is 5.82 Å². The first kappa shape index (κ1) is 14.0. The second-order valence-electron chi connectivity index (χ2n) is 3.37. The Labute approximate surface area is 105 Å². The number of ether oxygens (including phenoxy) is 2. The van der Waals surface area contributed by atoms with Gasteiger partial charge in [0.2, 0.25) is 0 Å². The Bertz CT molecular complexity index is 420. The molecule has 0 bridgehead atoms. The zero-order chi connectivity index (χ0) is 13.4. The van der Waals surface area contributed by atoms with Crippen LogP contribution >= 0.6 is 0 Å². The summed E-state index contributed by atoms with van der Waals surface area (Å²) in [4.78, 5) is 26.6. The lowest BCUT2D eigenvalue weighted by Crippen LogP contribution is -2.14. The van der Waals surface area contributed by atoms with Crippen molar-refractivity contribution in [2.75, 3.05) is 25.6 Å². The normalized spacial score (nSPS) is 9.67. The maximum absolute atomic E-state index is 11.4. The quantitative estimate of drug-likeness (QED) is 0.767. The SMILES string of the molecule is CCOC(=O)CCNc1ncccc1C(=O)OC. The molecule has 0 fully saturated rings. The van der Waals surface area contributed by atoms with Crippen LogP contribution in [0.15, 0.2) is 18.3 Å². The summed E-state index contributed by atoms with van der Waals surface area (Å²) in [5, 5.41) is 2.91. The third-order valence-electron chi connectivity index (χ3n) is 2.14. The van der Waals surface area contributed by atoms with Crippen LogP contribution in [0.3, 0.4) is 0 Å². The zero-order valence-corrected chi connectivity index (χ0v) is 10.4. The number of nitrogens with one attached hydrogen (secondary N) is 1. The molecule has 0 atom stereocenters. The molecule has 1 heterocycles. The lowest BCUT2D eigenvalue weighted by molar-refractivity contribution is -0.142. The van der Waals surface area contributed by atoms with E-state index in [-0.39, 0.29) is 12.4 Å². The highest BCUT2D eigenvalue weighted by atomic mass is 16.5. The molecule has 0 aliphatic rings. The minimum absolute atomic E-state index is 0.213. The molecule has 0 unspecified atom stereocenters. The fourth-order valence-electron chi connectivity index (χ4n) is 1.34. The van der Waals surface area contributed by atoms with E-state index in [4.69, 9.17) is 4.74 Å². The van der Waals surface area contributed by atoms with Gasteiger partial charge in [-0.3, -0.25) is 4.79 Å². The van der Waals surface area contributed by atoms with Gasteiger partial charge in [-0.2, -0.15) is 0 Å². The van der Waals surface area contributed by atoms with Crippen molar-refractivity contribution in [3.8, 4) is 0 Å². The smallest absolute Gasteiger partial charge is 0.341 e. The molecule has 0 amide bonds. The second kappa shape index (κ2) is 7.26. The zero-order valence-electron chi connectivity index (χ0n) is 10.4. The third-order valence-corrected chi connectivity index (χ3v) is 2.14. The summed E-state index contributed by atoms with van der Waals surface area (Å²) in [7, 11) is 1.30. The van der Waals surface area contributed by atoms with Gasteiger partial charge in [0.15, 0.2) is 0 Å². The Hall–Kier alpha value is -2.11. The molecule has 0 radical (unpaired) electrons. The van der Waals surface area contributed by atoms with Crippen molar-refractivity contribution in [1.82, 2.24) is 4.98 Å². The van der Waals surface area contributed by atoms with Gasteiger partial charge in [-0.15, -0.1) is 0 Å². The number of rotatable bonds is 6. The van der Waals surface area contributed by atoms with E-state index in [0.29, 0.717) is 24.5 Å². The van der Waals surface area contributed by atoms with E-state index in [0.717, 1.165) is 0 Å². The van der Waals surface area contributed by atoms with Gasteiger partial charge < -0.3 is 14.8 Å². The van der Waals surface area contributed by atoms with Crippen LogP contribution in [0.1, 0.15) is 23.7 Å². The van der Waals surface area contributed by atoms with Crippen LogP contribution in [-0.4, -0.2) is 37.2 Å². The van der Waals surface area contributed by atoms with Crippen molar-refractivity contribution in [3.05, 3.63) is 23.9 Å².